The molecular formula is C25H31N5O. The maximum Gasteiger partial charge on any atom is 0.257 e. The molecule has 6 nitrogen and oxygen atoms in total. The lowest BCUT2D eigenvalue weighted by Crippen LogP contribution is -2.36. The van der Waals surface area contributed by atoms with Crippen molar-refractivity contribution < 1.29 is 4.79 Å². The molecule has 2 N–H and O–H groups in total. The SMILES string of the molecule is CCn1nc(C)c(CCN=C(NC(=O)c2ccccc2)Nc2cc(C)cc(C)c2)c1C. The van der Waals surface area contributed by atoms with Crippen LogP contribution >= 0.6 is 0 Å². The van der Waals surface area contributed by atoms with Crippen molar-refractivity contribution in [3.8, 4) is 0 Å². The second kappa shape index (κ2) is 10.1. The van der Waals surface area contributed by atoms with Gasteiger partial charge in [0.1, 0.15) is 0 Å². The standard InChI is InChI=1S/C25H31N5O/c1-6-30-20(5)23(19(4)29-30)12-13-26-25(27-22-15-17(2)14-18(3)16-22)28-24(31)21-10-8-7-9-11-21/h7-11,14-16H,6,12-13H2,1-5H3,(H2,26,27,28,31). The van der Waals surface area contributed by atoms with Gasteiger partial charge in [-0.1, -0.05) is 24.3 Å². The van der Waals surface area contributed by atoms with Crippen LogP contribution in [0.2, 0.25) is 0 Å². The Kier molecular flexibility index (Phi) is 7.23. The number of hydrogen-bond donors (Lipinski definition) is 2. The highest BCUT2D eigenvalue weighted by Gasteiger charge is 2.12. The quantitative estimate of drug-likeness (QED) is 0.456. The number of aryl methyl sites for hydroxylation is 4. The lowest BCUT2D eigenvalue weighted by molar-refractivity contribution is 0.0977. The minimum Gasteiger partial charge on any atom is -0.326 e. The summed E-state index contributed by atoms with van der Waals surface area (Å²) in [5.41, 5.74) is 7.21. The number of guanidine groups is 1. The molecule has 1 amide bonds. The van der Waals surface area contributed by atoms with Gasteiger partial charge in [-0.3, -0.25) is 19.8 Å². The highest BCUT2D eigenvalue weighted by molar-refractivity contribution is 6.10. The van der Waals surface area contributed by atoms with Crippen molar-refractivity contribution in [3.05, 3.63) is 82.2 Å². The van der Waals surface area contributed by atoms with Crippen molar-refractivity contribution >= 4 is 17.6 Å². The van der Waals surface area contributed by atoms with Crippen LogP contribution in [0.4, 0.5) is 5.69 Å². The average Bonchev–Trinajstić information content (AvgIpc) is 3.01. The zero-order valence-electron chi connectivity index (χ0n) is 19.0. The van der Waals surface area contributed by atoms with Crippen LogP contribution in [-0.2, 0) is 13.0 Å². The fourth-order valence-corrected chi connectivity index (χ4v) is 3.75. The summed E-state index contributed by atoms with van der Waals surface area (Å²) in [6.45, 7) is 11.7. The van der Waals surface area contributed by atoms with Crippen molar-refractivity contribution in [2.45, 2.75) is 47.6 Å². The Bertz CT molecular complexity index is 1060. The van der Waals surface area contributed by atoms with Gasteiger partial charge in [-0.05, 0) is 82.0 Å². The molecule has 0 aliphatic rings. The van der Waals surface area contributed by atoms with Gasteiger partial charge in [-0.2, -0.15) is 5.10 Å². The van der Waals surface area contributed by atoms with Crippen LogP contribution in [0.25, 0.3) is 0 Å². The molecule has 0 atom stereocenters. The lowest BCUT2D eigenvalue weighted by Gasteiger charge is -2.13. The zero-order chi connectivity index (χ0) is 22.4. The zero-order valence-corrected chi connectivity index (χ0v) is 19.0. The molecule has 0 saturated heterocycles. The topological polar surface area (TPSA) is 71.3 Å². The first-order chi connectivity index (χ1) is 14.9. The molecule has 0 bridgehead atoms. The van der Waals surface area contributed by atoms with E-state index < -0.39 is 0 Å². The third-order valence-corrected chi connectivity index (χ3v) is 5.21. The number of rotatable bonds is 6. The number of aliphatic imine (C=N–C) groups is 1. The molecule has 3 rings (SSSR count). The van der Waals surface area contributed by atoms with E-state index in [4.69, 9.17) is 4.99 Å². The third-order valence-electron chi connectivity index (χ3n) is 5.21. The second-order valence-corrected chi connectivity index (χ2v) is 7.77. The Hall–Kier alpha value is -3.41. The van der Waals surface area contributed by atoms with E-state index in [-0.39, 0.29) is 5.91 Å². The number of carbonyl (C=O) groups is 1. The number of nitrogens with zero attached hydrogens (tertiary/aromatic N) is 3. The minimum absolute atomic E-state index is 0.192. The summed E-state index contributed by atoms with van der Waals surface area (Å²) in [5, 5.41) is 10.8. The summed E-state index contributed by atoms with van der Waals surface area (Å²) >= 11 is 0. The summed E-state index contributed by atoms with van der Waals surface area (Å²) in [4.78, 5) is 17.4. The van der Waals surface area contributed by atoms with Gasteiger partial charge >= 0.3 is 0 Å². The van der Waals surface area contributed by atoms with Crippen LogP contribution in [0.1, 0.15) is 45.4 Å². The van der Waals surface area contributed by atoms with Gasteiger partial charge in [0.25, 0.3) is 5.91 Å². The van der Waals surface area contributed by atoms with Crippen LogP contribution in [-0.4, -0.2) is 28.2 Å². The van der Waals surface area contributed by atoms with E-state index in [0.29, 0.717) is 18.1 Å². The van der Waals surface area contributed by atoms with Crippen molar-refractivity contribution in [2.75, 3.05) is 11.9 Å². The first kappa shape index (κ1) is 22.3. The first-order valence-corrected chi connectivity index (χ1v) is 10.7. The number of amides is 1. The molecule has 0 spiro atoms. The Morgan fingerprint density at radius 3 is 2.32 bits per heavy atom. The van der Waals surface area contributed by atoms with Gasteiger partial charge in [0.05, 0.1) is 5.69 Å². The van der Waals surface area contributed by atoms with Gasteiger partial charge in [0.15, 0.2) is 0 Å². The van der Waals surface area contributed by atoms with Crippen molar-refractivity contribution in [3.63, 3.8) is 0 Å². The molecule has 2 aromatic carbocycles. The molecule has 1 heterocycles. The number of aromatic nitrogens is 2. The van der Waals surface area contributed by atoms with E-state index >= 15 is 0 Å². The van der Waals surface area contributed by atoms with Gasteiger partial charge in [-0.25, -0.2) is 0 Å². The van der Waals surface area contributed by atoms with Crippen molar-refractivity contribution in [2.24, 2.45) is 4.99 Å². The molecule has 0 aliphatic heterocycles. The van der Waals surface area contributed by atoms with E-state index in [9.17, 15) is 4.79 Å². The minimum atomic E-state index is -0.192. The number of anilines is 1. The van der Waals surface area contributed by atoms with Crippen molar-refractivity contribution in [1.29, 1.82) is 0 Å². The smallest absolute Gasteiger partial charge is 0.257 e. The van der Waals surface area contributed by atoms with E-state index in [0.717, 1.165) is 35.5 Å². The number of hydrogen-bond acceptors (Lipinski definition) is 3. The maximum absolute atomic E-state index is 12.7. The molecule has 0 unspecified atom stereocenters. The largest absolute Gasteiger partial charge is 0.326 e. The Labute approximate surface area is 184 Å². The van der Waals surface area contributed by atoms with E-state index in [2.05, 4.69) is 49.5 Å². The van der Waals surface area contributed by atoms with E-state index in [1.807, 2.05) is 41.9 Å². The van der Waals surface area contributed by atoms with Gasteiger partial charge in [-0.15, -0.1) is 0 Å². The van der Waals surface area contributed by atoms with Gasteiger partial charge in [0.2, 0.25) is 5.96 Å². The summed E-state index contributed by atoms with van der Waals surface area (Å²) in [6, 6.07) is 15.3. The summed E-state index contributed by atoms with van der Waals surface area (Å²) in [5.74, 6) is 0.249. The molecule has 31 heavy (non-hydrogen) atoms. The van der Waals surface area contributed by atoms with Crippen LogP contribution in [0.15, 0.2) is 53.5 Å². The molecule has 3 aromatic rings. The number of benzene rings is 2. The molecule has 1 aromatic heterocycles. The molecule has 0 saturated carbocycles. The van der Waals surface area contributed by atoms with Crippen molar-refractivity contribution in [1.82, 2.24) is 15.1 Å². The maximum atomic E-state index is 12.7. The Morgan fingerprint density at radius 2 is 1.71 bits per heavy atom. The van der Waals surface area contributed by atoms with Crippen LogP contribution in [0, 0.1) is 27.7 Å². The second-order valence-electron chi connectivity index (χ2n) is 7.77. The normalized spacial score (nSPS) is 11.5. The molecule has 162 valence electrons. The predicted molar refractivity (Wildman–Crippen MR) is 127 cm³/mol. The Balaban J connectivity index is 1.80. The monoisotopic (exact) mass is 417 g/mol. The van der Waals surface area contributed by atoms with Crippen LogP contribution < -0.4 is 10.6 Å². The number of carbonyl (C=O) groups excluding carboxylic acids is 1. The fourth-order valence-electron chi connectivity index (χ4n) is 3.75. The summed E-state index contributed by atoms with van der Waals surface area (Å²) in [6.07, 6.45) is 0.761. The summed E-state index contributed by atoms with van der Waals surface area (Å²) < 4.78 is 2.01. The lowest BCUT2D eigenvalue weighted by atomic mass is 10.1. The highest BCUT2D eigenvalue weighted by Crippen LogP contribution is 2.15. The van der Waals surface area contributed by atoms with Gasteiger partial charge < -0.3 is 5.32 Å². The van der Waals surface area contributed by atoms with Crippen LogP contribution in [0.5, 0.6) is 0 Å². The predicted octanol–water partition coefficient (Wildman–Crippen LogP) is 4.58. The first-order valence-electron chi connectivity index (χ1n) is 10.7. The molecule has 0 fully saturated rings. The van der Waals surface area contributed by atoms with E-state index in [1.165, 1.54) is 11.3 Å². The number of nitrogens with one attached hydrogen (secondary N) is 2. The fraction of sp³-hybridized carbons (Fsp3) is 0.320. The molecule has 0 radical (unpaired) electrons. The molecule has 0 aliphatic carbocycles. The highest BCUT2D eigenvalue weighted by atomic mass is 16.1. The molecular weight excluding hydrogens is 386 g/mol. The average molecular weight is 418 g/mol. The Morgan fingerprint density at radius 1 is 1.03 bits per heavy atom. The van der Waals surface area contributed by atoms with Crippen LogP contribution in [0.3, 0.4) is 0 Å². The van der Waals surface area contributed by atoms with Gasteiger partial charge in [0, 0.05) is 30.0 Å². The third kappa shape index (κ3) is 5.81. The van der Waals surface area contributed by atoms with E-state index in [1.54, 1.807) is 12.1 Å². The summed E-state index contributed by atoms with van der Waals surface area (Å²) in [7, 11) is 0. The molecule has 6 heteroatoms.